The molecule has 0 amide bonds. The van der Waals surface area contributed by atoms with Crippen molar-refractivity contribution in [3.8, 4) is 5.75 Å². The van der Waals surface area contributed by atoms with Crippen molar-refractivity contribution in [2.24, 2.45) is 0 Å². The Balaban J connectivity index is 2.16. The number of aromatic nitrogens is 3. The summed E-state index contributed by atoms with van der Waals surface area (Å²) in [6.45, 7) is 0.709. The standard InChI is InChI=1S/C10H13N3O2/c1-15-6-2-3-9-11-10-5-4-8(14)7-13(10)12-9/h4-5,7,14H,2-3,6H2,1H3. The topological polar surface area (TPSA) is 59.7 Å². The summed E-state index contributed by atoms with van der Waals surface area (Å²) in [7, 11) is 1.68. The summed E-state index contributed by atoms with van der Waals surface area (Å²) in [5.41, 5.74) is 0.750. The smallest absolute Gasteiger partial charge is 0.155 e. The molecule has 2 rings (SSSR count). The van der Waals surface area contributed by atoms with Gasteiger partial charge in [-0.25, -0.2) is 9.50 Å². The number of fused-ring (bicyclic) bond motifs is 1. The average Bonchev–Trinajstić information content (AvgIpc) is 2.60. The van der Waals surface area contributed by atoms with Crippen LogP contribution in [0.25, 0.3) is 5.65 Å². The number of methoxy groups -OCH3 is 1. The first kappa shape index (κ1) is 9.92. The number of hydrogen-bond donors (Lipinski definition) is 1. The third-order valence-corrected chi connectivity index (χ3v) is 2.11. The lowest BCUT2D eigenvalue weighted by Gasteiger charge is -1.93. The van der Waals surface area contributed by atoms with Gasteiger partial charge in [-0.1, -0.05) is 0 Å². The summed E-state index contributed by atoms with van der Waals surface area (Å²) in [5.74, 6) is 0.966. The molecule has 1 N–H and O–H groups in total. The molecular weight excluding hydrogens is 194 g/mol. The van der Waals surface area contributed by atoms with E-state index in [1.165, 1.54) is 0 Å². The summed E-state index contributed by atoms with van der Waals surface area (Å²) < 4.78 is 6.54. The number of ether oxygens (including phenoxy) is 1. The fourth-order valence-corrected chi connectivity index (χ4v) is 1.40. The lowest BCUT2D eigenvalue weighted by molar-refractivity contribution is 0.194. The van der Waals surface area contributed by atoms with Crippen LogP contribution in [-0.2, 0) is 11.2 Å². The molecule has 2 aromatic heterocycles. The number of hydrogen-bond acceptors (Lipinski definition) is 4. The average molecular weight is 207 g/mol. The van der Waals surface area contributed by atoms with Crippen molar-refractivity contribution in [1.82, 2.24) is 14.6 Å². The summed E-state index contributed by atoms with van der Waals surface area (Å²) in [6, 6.07) is 3.34. The van der Waals surface area contributed by atoms with Crippen LogP contribution >= 0.6 is 0 Å². The van der Waals surface area contributed by atoms with Crippen molar-refractivity contribution in [1.29, 1.82) is 0 Å². The first-order valence-corrected chi connectivity index (χ1v) is 4.83. The van der Waals surface area contributed by atoms with Crippen LogP contribution in [0.4, 0.5) is 0 Å². The number of pyridine rings is 1. The van der Waals surface area contributed by atoms with Crippen LogP contribution < -0.4 is 0 Å². The van der Waals surface area contributed by atoms with Gasteiger partial charge in [0.25, 0.3) is 0 Å². The van der Waals surface area contributed by atoms with Crippen molar-refractivity contribution in [2.75, 3.05) is 13.7 Å². The summed E-state index contributed by atoms with van der Waals surface area (Å²) in [4.78, 5) is 4.31. The van der Waals surface area contributed by atoms with Gasteiger partial charge in [0.2, 0.25) is 0 Å². The highest BCUT2D eigenvalue weighted by atomic mass is 16.5. The Kier molecular flexibility index (Phi) is 2.82. The molecule has 0 aromatic carbocycles. The van der Waals surface area contributed by atoms with E-state index in [1.54, 1.807) is 30.0 Å². The molecule has 2 heterocycles. The van der Waals surface area contributed by atoms with Gasteiger partial charge < -0.3 is 9.84 Å². The molecule has 0 aliphatic carbocycles. The van der Waals surface area contributed by atoms with Crippen molar-refractivity contribution in [3.63, 3.8) is 0 Å². The Morgan fingerprint density at radius 2 is 2.33 bits per heavy atom. The van der Waals surface area contributed by atoms with Gasteiger partial charge in [0.1, 0.15) is 5.75 Å². The van der Waals surface area contributed by atoms with Gasteiger partial charge in [-0.3, -0.25) is 0 Å². The molecule has 0 atom stereocenters. The van der Waals surface area contributed by atoms with Crippen LogP contribution in [0.3, 0.4) is 0 Å². The zero-order valence-electron chi connectivity index (χ0n) is 8.55. The highest BCUT2D eigenvalue weighted by molar-refractivity contribution is 5.40. The van der Waals surface area contributed by atoms with E-state index in [2.05, 4.69) is 10.1 Å². The van der Waals surface area contributed by atoms with Crippen LogP contribution in [0.2, 0.25) is 0 Å². The normalized spacial score (nSPS) is 11.0. The molecule has 0 unspecified atom stereocenters. The van der Waals surface area contributed by atoms with Gasteiger partial charge in [-0.2, -0.15) is 5.10 Å². The van der Waals surface area contributed by atoms with Crippen molar-refractivity contribution in [2.45, 2.75) is 12.8 Å². The van der Waals surface area contributed by atoms with Gasteiger partial charge in [0.15, 0.2) is 11.5 Å². The third kappa shape index (κ3) is 2.24. The van der Waals surface area contributed by atoms with Crippen LogP contribution in [0.15, 0.2) is 18.3 Å². The molecule has 0 saturated heterocycles. The molecule has 0 fully saturated rings. The van der Waals surface area contributed by atoms with Crippen LogP contribution in [0.1, 0.15) is 12.2 Å². The molecule has 0 aliphatic rings. The second-order valence-electron chi connectivity index (χ2n) is 3.31. The minimum atomic E-state index is 0.191. The predicted molar refractivity (Wildman–Crippen MR) is 54.8 cm³/mol. The lowest BCUT2D eigenvalue weighted by atomic mass is 10.3. The highest BCUT2D eigenvalue weighted by Gasteiger charge is 2.03. The van der Waals surface area contributed by atoms with Crippen LogP contribution in [-0.4, -0.2) is 33.4 Å². The fourth-order valence-electron chi connectivity index (χ4n) is 1.40. The van der Waals surface area contributed by atoms with E-state index in [4.69, 9.17) is 4.74 Å². The van der Waals surface area contributed by atoms with Gasteiger partial charge >= 0.3 is 0 Å². The molecule has 0 spiro atoms. The maximum absolute atomic E-state index is 9.25. The molecular formula is C10H13N3O2. The van der Waals surface area contributed by atoms with E-state index in [9.17, 15) is 5.11 Å². The minimum absolute atomic E-state index is 0.191. The minimum Gasteiger partial charge on any atom is -0.506 e. The summed E-state index contributed by atoms with van der Waals surface area (Å²) in [6.07, 6.45) is 3.23. The summed E-state index contributed by atoms with van der Waals surface area (Å²) in [5, 5.41) is 13.5. The number of aromatic hydroxyl groups is 1. The zero-order valence-corrected chi connectivity index (χ0v) is 8.55. The van der Waals surface area contributed by atoms with Crippen LogP contribution in [0, 0.1) is 0 Å². The maximum Gasteiger partial charge on any atom is 0.155 e. The Labute approximate surface area is 87.3 Å². The van der Waals surface area contributed by atoms with E-state index >= 15 is 0 Å². The molecule has 0 saturated carbocycles. The first-order valence-electron chi connectivity index (χ1n) is 4.83. The SMILES string of the molecule is COCCCc1nc2ccc(O)cn2n1. The van der Waals surface area contributed by atoms with Gasteiger partial charge in [0.05, 0.1) is 6.20 Å². The molecule has 0 aliphatic heterocycles. The lowest BCUT2D eigenvalue weighted by Crippen LogP contribution is -1.94. The van der Waals surface area contributed by atoms with Crippen molar-refractivity contribution < 1.29 is 9.84 Å². The fraction of sp³-hybridized carbons (Fsp3) is 0.400. The number of rotatable bonds is 4. The molecule has 5 heteroatoms. The Bertz CT molecular complexity index is 453. The molecule has 0 radical (unpaired) electrons. The number of aryl methyl sites for hydroxylation is 1. The summed E-state index contributed by atoms with van der Waals surface area (Å²) >= 11 is 0. The molecule has 0 bridgehead atoms. The Morgan fingerprint density at radius 3 is 3.13 bits per heavy atom. The largest absolute Gasteiger partial charge is 0.506 e. The number of nitrogens with zero attached hydrogens (tertiary/aromatic N) is 3. The molecule has 5 nitrogen and oxygen atoms in total. The van der Waals surface area contributed by atoms with E-state index < -0.39 is 0 Å². The van der Waals surface area contributed by atoms with E-state index in [-0.39, 0.29) is 5.75 Å². The van der Waals surface area contributed by atoms with Crippen LogP contribution in [0.5, 0.6) is 5.75 Å². The first-order chi connectivity index (χ1) is 7.29. The van der Waals surface area contributed by atoms with E-state index in [1.807, 2.05) is 0 Å². The molecule has 15 heavy (non-hydrogen) atoms. The van der Waals surface area contributed by atoms with Gasteiger partial charge in [-0.05, 0) is 18.6 Å². The monoisotopic (exact) mass is 207 g/mol. The maximum atomic E-state index is 9.25. The zero-order chi connectivity index (χ0) is 10.7. The quantitative estimate of drug-likeness (QED) is 0.760. The second-order valence-corrected chi connectivity index (χ2v) is 3.31. The highest BCUT2D eigenvalue weighted by Crippen LogP contribution is 2.10. The predicted octanol–water partition coefficient (Wildman–Crippen LogP) is 1.01. The molecule has 80 valence electrons. The van der Waals surface area contributed by atoms with E-state index in [0.717, 1.165) is 24.3 Å². The Morgan fingerprint density at radius 1 is 1.47 bits per heavy atom. The van der Waals surface area contributed by atoms with E-state index in [0.29, 0.717) is 6.61 Å². The molecule has 2 aromatic rings. The van der Waals surface area contributed by atoms with Crippen molar-refractivity contribution in [3.05, 3.63) is 24.2 Å². The second kappa shape index (κ2) is 4.27. The van der Waals surface area contributed by atoms with Crippen molar-refractivity contribution >= 4 is 5.65 Å². The van der Waals surface area contributed by atoms with Gasteiger partial charge in [-0.15, -0.1) is 0 Å². The third-order valence-electron chi connectivity index (χ3n) is 2.11. The van der Waals surface area contributed by atoms with Gasteiger partial charge in [0, 0.05) is 20.1 Å². The Hall–Kier alpha value is -1.62.